The molecule has 2 atom stereocenters. The van der Waals surface area contributed by atoms with E-state index >= 15 is 0 Å². The Kier molecular flexibility index (Phi) is 9.60. The number of benzene rings is 7. The summed E-state index contributed by atoms with van der Waals surface area (Å²) in [6.07, 6.45) is 13.5. The maximum Gasteiger partial charge on any atom is 0.135 e. The molecule has 308 valence electrons. The highest BCUT2D eigenvalue weighted by Crippen LogP contribution is 2.66. The van der Waals surface area contributed by atoms with Crippen molar-refractivity contribution in [3.8, 4) is 22.3 Å². The first-order valence-corrected chi connectivity index (χ1v) is 23.2. The van der Waals surface area contributed by atoms with Gasteiger partial charge in [0.25, 0.3) is 0 Å². The van der Waals surface area contributed by atoms with Crippen molar-refractivity contribution >= 4 is 45.1 Å². The van der Waals surface area contributed by atoms with Crippen molar-refractivity contribution in [3.05, 3.63) is 192 Å². The Morgan fingerprint density at radius 1 is 0.597 bits per heavy atom. The molecule has 7 aromatic carbocycles. The summed E-state index contributed by atoms with van der Waals surface area (Å²) in [6.45, 7) is 10.8. The van der Waals surface area contributed by atoms with Gasteiger partial charge < -0.3 is 9.32 Å². The zero-order chi connectivity index (χ0) is 42.0. The fourth-order valence-electron chi connectivity index (χ4n) is 12.7. The van der Waals surface area contributed by atoms with E-state index in [0.29, 0.717) is 0 Å². The van der Waals surface area contributed by atoms with E-state index in [1.807, 2.05) is 18.2 Å². The number of furan rings is 1. The fraction of sp³-hybridized carbons (Fsp3) is 0.267. The Hall–Kier alpha value is -6.12. The van der Waals surface area contributed by atoms with Gasteiger partial charge in [-0.1, -0.05) is 123 Å². The second kappa shape index (κ2) is 15.3. The largest absolute Gasteiger partial charge is 0.456 e. The lowest BCUT2D eigenvalue weighted by Gasteiger charge is -2.63. The first-order valence-electron chi connectivity index (χ1n) is 23.2. The third-order valence-electron chi connectivity index (χ3n) is 15.3. The van der Waals surface area contributed by atoms with Gasteiger partial charge in [0.05, 0.1) is 0 Å². The van der Waals surface area contributed by atoms with E-state index in [1.54, 1.807) is 11.1 Å². The first kappa shape index (κ1) is 38.8. The number of rotatable bonds is 11. The Labute approximate surface area is 367 Å². The molecule has 0 amide bonds. The van der Waals surface area contributed by atoms with Crippen molar-refractivity contribution in [2.45, 2.75) is 89.4 Å². The lowest BCUT2D eigenvalue weighted by atomic mass is 9.42. The molecule has 12 rings (SSSR count). The lowest BCUT2D eigenvalue weighted by Crippen LogP contribution is -2.55. The summed E-state index contributed by atoms with van der Waals surface area (Å²) in [5.41, 5.74) is 19.2. The Morgan fingerprint density at radius 3 is 1.81 bits per heavy atom. The summed E-state index contributed by atoms with van der Waals surface area (Å²) in [5, 5.41) is 2.32. The topological polar surface area (TPSA) is 16.4 Å². The molecule has 0 saturated heterocycles. The molecule has 0 N–H and O–H groups in total. The molecule has 4 saturated carbocycles. The summed E-state index contributed by atoms with van der Waals surface area (Å²) >= 11 is 0. The SMILES string of the molecule is C=Cc1ccc(C23CC4CC(C2)CC(c2ccc(N(c5ccc(CCCC)cc5)c5ccc(-c6ccc(-c7ccc8oc9ccccc9c8c7)cc6C)c(C)c5)cc2)(C4)C3)cc1. The summed E-state index contributed by atoms with van der Waals surface area (Å²) in [4.78, 5) is 2.47. The van der Waals surface area contributed by atoms with Crippen molar-refractivity contribution in [1.82, 2.24) is 0 Å². The summed E-state index contributed by atoms with van der Waals surface area (Å²) < 4.78 is 6.13. The van der Waals surface area contributed by atoms with Crippen LogP contribution >= 0.6 is 0 Å². The van der Waals surface area contributed by atoms with Gasteiger partial charge in [0.2, 0.25) is 0 Å². The van der Waals surface area contributed by atoms with Gasteiger partial charge in [-0.15, -0.1) is 0 Å². The minimum atomic E-state index is 0.248. The molecule has 4 aliphatic carbocycles. The maximum atomic E-state index is 6.13. The average molecular weight is 808 g/mol. The standard InChI is InChI=1S/C60H57NO/c1-5-7-10-43-15-23-50(24-16-43)61(51-25-21-49(22-26-51)60-37-44-33-45(38-60)36-59(35-44,39-60)48-19-13-42(6-2)14-20-48)52-27-29-54(41(4)32-52)53-28-17-46(31-40(53)3)47-18-30-58-56(34-47)55-11-8-9-12-57(55)62-58/h6,8-9,11-32,34,44-45H,2,5,7,10,33,35-39H2,1,3-4H3. The molecule has 0 aliphatic heterocycles. The second-order valence-corrected chi connectivity index (χ2v) is 19.3. The number of hydrogen-bond acceptors (Lipinski definition) is 2. The van der Waals surface area contributed by atoms with E-state index in [9.17, 15) is 0 Å². The average Bonchev–Trinajstić information content (AvgIpc) is 3.67. The monoisotopic (exact) mass is 807 g/mol. The van der Waals surface area contributed by atoms with Crippen molar-refractivity contribution < 1.29 is 4.42 Å². The highest BCUT2D eigenvalue weighted by atomic mass is 16.3. The molecule has 2 heteroatoms. The van der Waals surface area contributed by atoms with Gasteiger partial charge in [-0.25, -0.2) is 0 Å². The number of para-hydroxylation sites is 1. The molecule has 0 spiro atoms. The summed E-state index contributed by atoms with van der Waals surface area (Å²) in [5.74, 6) is 1.62. The predicted octanol–water partition coefficient (Wildman–Crippen LogP) is 16.8. The molecular weight excluding hydrogens is 751 g/mol. The van der Waals surface area contributed by atoms with Gasteiger partial charge in [0.1, 0.15) is 11.2 Å². The van der Waals surface area contributed by atoms with Gasteiger partial charge in [0, 0.05) is 27.8 Å². The summed E-state index contributed by atoms with van der Waals surface area (Å²) in [7, 11) is 0. The number of anilines is 3. The minimum Gasteiger partial charge on any atom is -0.456 e. The van der Waals surface area contributed by atoms with Crippen LogP contribution in [0.4, 0.5) is 17.1 Å². The Balaban J connectivity index is 0.916. The van der Waals surface area contributed by atoms with E-state index < -0.39 is 0 Å². The molecule has 1 aromatic heterocycles. The minimum absolute atomic E-state index is 0.248. The van der Waals surface area contributed by atoms with Crippen LogP contribution < -0.4 is 4.90 Å². The van der Waals surface area contributed by atoms with E-state index in [-0.39, 0.29) is 10.8 Å². The highest BCUT2D eigenvalue weighted by Gasteiger charge is 2.58. The first-order chi connectivity index (χ1) is 30.3. The number of unbranched alkanes of at least 4 members (excludes halogenated alkanes) is 1. The molecule has 4 bridgehead atoms. The predicted molar refractivity (Wildman–Crippen MR) is 262 cm³/mol. The molecule has 4 fully saturated rings. The van der Waals surface area contributed by atoms with Gasteiger partial charge in [0.15, 0.2) is 0 Å². The molecule has 62 heavy (non-hydrogen) atoms. The van der Waals surface area contributed by atoms with E-state index in [2.05, 4.69) is 172 Å². The normalized spacial score (nSPS) is 21.5. The number of fused-ring (bicyclic) bond motifs is 3. The van der Waals surface area contributed by atoms with Gasteiger partial charge in [-0.2, -0.15) is 0 Å². The lowest BCUT2D eigenvalue weighted by molar-refractivity contribution is -0.0281. The third-order valence-corrected chi connectivity index (χ3v) is 15.3. The Morgan fingerprint density at radius 2 is 1.16 bits per heavy atom. The zero-order valence-corrected chi connectivity index (χ0v) is 36.6. The summed E-state index contributed by atoms with van der Waals surface area (Å²) in [6, 6.07) is 57.4. The van der Waals surface area contributed by atoms with Gasteiger partial charge in [-0.3, -0.25) is 0 Å². The fourth-order valence-corrected chi connectivity index (χ4v) is 12.7. The van der Waals surface area contributed by atoms with Crippen LogP contribution in [-0.2, 0) is 17.3 Å². The number of nitrogens with zero attached hydrogens (tertiary/aromatic N) is 1. The van der Waals surface area contributed by atoms with Crippen LogP contribution in [0.3, 0.4) is 0 Å². The van der Waals surface area contributed by atoms with Crippen LogP contribution in [0.1, 0.15) is 91.7 Å². The van der Waals surface area contributed by atoms with Crippen molar-refractivity contribution in [3.63, 3.8) is 0 Å². The molecular formula is C60H57NO. The molecule has 1 heterocycles. The number of hydrogen-bond donors (Lipinski definition) is 0. The Bertz CT molecular complexity index is 2930. The molecule has 8 aromatic rings. The molecule has 2 unspecified atom stereocenters. The van der Waals surface area contributed by atoms with Crippen molar-refractivity contribution in [2.75, 3.05) is 4.90 Å². The second-order valence-electron chi connectivity index (χ2n) is 19.3. The quantitative estimate of drug-likeness (QED) is 0.129. The zero-order valence-electron chi connectivity index (χ0n) is 36.6. The van der Waals surface area contributed by atoms with E-state index in [4.69, 9.17) is 4.42 Å². The van der Waals surface area contributed by atoms with Gasteiger partial charge in [-0.05, 0) is 198 Å². The van der Waals surface area contributed by atoms with Crippen molar-refractivity contribution in [2.24, 2.45) is 11.8 Å². The van der Waals surface area contributed by atoms with Crippen molar-refractivity contribution in [1.29, 1.82) is 0 Å². The van der Waals surface area contributed by atoms with Crippen LogP contribution in [0.5, 0.6) is 0 Å². The van der Waals surface area contributed by atoms with Crippen LogP contribution in [-0.4, -0.2) is 0 Å². The van der Waals surface area contributed by atoms with Gasteiger partial charge >= 0.3 is 0 Å². The van der Waals surface area contributed by atoms with Crippen LogP contribution in [0, 0.1) is 25.7 Å². The van der Waals surface area contributed by atoms with Crippen LogP contribution in [0.25, 0.3) is 50.3 Å². The van der Waals surface area contributed by atoms with E-state index in [1.165, 1.54) is 113 Å². The maximum absolute atomic E-state index is 6.13. The smallest absolute Gasteiger partial charge is 0.135 e. The molecule has 2 nitrogen and oxygen atoms in total. The number of aryl methyl sites for hydroxylation is 3. The molecule has 0 radical (unpaired) electrons. The van der Waals surface area contributed by atoms with Crippen LogP contribution in [0.15, 0.2) is 163 Å². The third kappa shape index (κ3) is 6.71. The highest BCUT2D eigenvalue weighted by molar-refractivity contribution is 6.06. The molecule has 4 aliphatic rings. The van der Waals surface area contributed by atoms with Crippen LogP contribution in [0.2, 0.25) is 0 Å². The van der Waals surface area contributed by atoms with E-state index in [0.717, 1.165) is 40.2 Å².